The van der Waals surface area contributed by atoms with Gasteiger partial charge in [-0.1, -0.05) is 36.4 Å². The number of piperazine rings is 1. The summed E-state index contributed by atoms with van der Waals surface area (Å²) in [7, 11) is 2.07. The molecular weight excluding hydrogens is 534 g/mol. The van der Waals surface area contributed by atoms with Crippen LogP contribution in [0.3, 0.4) is 0 Å². The van der Waals surface area contributed by atoms with Gasteiger partial charge in [-0.05, 0) is 70.7 Å². The number of fused-ring (bicyclic) bond motifs is 1. The second-order valence-corrected chi connectivity index (χ2v) is 12.2. The van der Waals surface area contributed by atoms with Crippen LogP contribution in [0.4, 0.5) is 9.59 Å². The molecule has 3 amide bonds. The standard InChI is InChI=1S/C32H45N5O5/c1-32(2,3)42-30(39)34-18-10-16-28(38)36-19-20-37(31(40)41-23-24-11-6-5-7-12-24)26(22-36)21-35(4)27-15-8-13-25-14-9-17-33-29(25)27/h5-7,9,11-12,14,17,26-27H,8,10,13,15-16,18-23H2,1-4H3,(H,34,39). The molecule has 2 heterocycles. The maximum atomic E-state index is 13.3. The first-order chi connectivity index (χ1) is 20.1. The van der Waals surface area contributed by atoms with E-state index >= 15 is 0 Å². The number of carbonyl (C=O) groups excluding carboxylic acids is 3. The summed E-state index contributed by atoms with van der Waals surface area (Å²) in [6, 6.07) is 13.7. The topological polar surface area (TPSA) is 104 Å². The Morgan fingerprint density at radius 3 is 2.64 bits per heavy atom. The molecule has 0 saturated carbocycles. The highest BCUT2D eigenvalue weighted by molar-refractivity contribution is 5.77. The number of rotatable bonds is 9. The first kappa shape index (κ1) is 31.3. The minimum absolute atomic E-state index is 0.00984. The van der Waals surface area contributed by atoms with Crippen molar-refractivity contribution >= 4 is 18.1 Å². The average Bonchev–Trinajstić information content (AvgIpc) is 2.97. The Balaban J connectivity index is 1.38. The first-order valence-corrected chi connectivity index (χ1v) is 15.0. The Kier molecular flexibility index (Phi) is 10.8. The molecule has 1 aliphatic carbocycles. The van der Waals surface area contributed by atoms with Gasteiger partial charge in [0.2, 0.25) is 5.91 Å². The van der Waals surface area contributed by atoms with E-state index in [0.717, 1.165) is 30.5 Å². The number of amides is 3. The Labute approximate surface area is 249 Å². The normalized spacial score (nSPS) is 18.8. The van der Waals surface area contributed by atoms with E-state index in [0.29, 0.717) is 45.6 Å². The number of aromatic nitrogens is 1. The number of carbonyl (C=O) groups is 3. The summed E-state index contributed by atoms with van der Waals surface area (Å²) in [6.45, 7) is 7.83. The smallest absolute Gasteiger partial charge is 0.410 e. The zero-order valence-corrected chi connectivity index (χ0v) is 25.4. The van der Waals surface area contributed by atoms with E-state index in [4.69, 9.17) is 14.5 Å². The van der Waals surface area contributed by atoms with Crippen LogP contribution < -0.4 is 5.32 Å². The zero-order valence-electron chi connectivity index (χ0n) is 25.4. The van der Waals surface area contributed by atoms with Crippen molar-refractivity contribution in [3.8, 4) is 0 Å². The molecule has 0 bridgehead atoms. The fourth-order valence-electron chi connectivity index (χ4n) is 5.66. The number of alkyl carbamates (subject to hydrolysis) is 1. The minimum Gasteiger partial charge on any atom is -0.445 e. The van der Waals surface area contributed by atoms with Gasteiger partial charge >= 0.3 is 12.2 Å². The molecule has 1 aliphatic heterocycles. The molecule has 228 valence electrons. The van der Waals surface area contributed by atoms with Crippen molar-refractivity contribution in [2.45, 2.75) is 77.2 Å². The van der Waals surface area contributed by atoms with Crippen LogP contribution in [0, 0.1) is 0 Å². The van der Waals surface area contributed by atoms with E-state index in [9.17, 15) is 14.4 Å². The lowest BCUT2D eigenvalue weighted by Gasteiger charge is -2.43. The van der Waals surface area contributed by atoms with Gasteiger partial charge in [0.15, 0.2) is 0 Å². The maximum absolute atomic E-state index is 13.3. The summed E-state index contributed by atoms with van der Waals surface area (Å²) in [5.74, 6) is 0.00984. The molecule has 10 nitrogen and oxygen atoms in total. The Morgan fingerprint density at radius 2 is 1.88 bits per heavy atom. The van der Waals surface area contributed by atoms with Gasteiger partial charge in [0, 0.05) is 45.3 Å². The summed E-state index contributed by atoms with van der Waals surface area (Å²) in [5.41, 5.74) is 2.74. The van der Waals surface area contributed by atoms with Crippen LogP contribution in [0.5, 0.6) is 0 Å². The molecule has 2 unspecified atom stereocenters. The lowest BCUT2D eigenvalue weighted by atomic mass is 9.91. The third-order valence-corrected chi connectivity index (χ3v) is 7.71. The third-order valence-electron chi connectivity index (χ3n) is 7.71. The summed E-state index contributed by atoms with van der Waals surface area (Å²) in [4.78, 5) is 49.0. The van der Waals surface area contributed by atoms with Gasteiger partial charge in [0.05, 0.1) is 17.8 Å². The van der Waals surface area contributed by atoms with Crippen LogP contribution in [0.1, 0.15) is 69.3 Å². The van der Waals surface area contributed by atoms with Crippen LogP contribution >= 0.6 is 0 Å². The summed E-state index contributed by atoms with van der Waals surface area (Å²) in [6.07, 6.45) is 4.91. The first-order valence-electron chi connectivity index (χ1n) is 15.0. The number of nitrogens with zero attached hydrogens (tertiary/aromatic N) is 4. The molecule has 1 saturated heterocycles. The zero-order chi connectivity index (χ0) is 30.1. The highest BCUT2D eigenvalue weighted by Gasteiger charge is 2.36. The van der Waals surface area contributed by atoms with Gasteiger partial charge in [0.25, 0.3) is 0 Å². The number of pyridine rings is 1. The van der Waals surface area contributed by atoms with Gasteiger partial charge in [-0.25, -0.2) is 9.59 Å². The van der Waals surface area contributed by atoms with E-state index in [1.165, 1.54) is 5.56 Å². The van der Waals surface area contributed by atoms with Crippen molar-refractivity contribution in [2.24, 2.45) is 0 Å². The predicted octanol–water partition coefficient (Wildman–Crippen LogP) is 4.55. The number of nitrogens with one attached hydrogen (secondary N) is 1. The number of ether oxygens (including phenoxy) is 2. The van der Waals surface area contributed by atoms with Gasteiger partial charge in [-0.2, -0.15) is 0 Å². The quantitative estimate of drug-likeness (QED) is 0.435. The number of aryl methyl sites for hydroxylation is 1. The van der Waals surface area contributed by atoms with E-state index in [1.54, 1.807) is 4.90 Å². The van der Waals surface area contributed by atoms with Crippen LogP contribution in [0.2, 0.25) is 0 Å². The molecule has 2 aromatic rings. The van der Waals surface area contributed by atoms with E-state index in [-0.39, 0.29) is 30.7 Å². The van der Waals surface area contributed by atoms with Gasteiger partial charge in [-0.15, -0.1) is 0 Å². The predicted molar refractivity (Wildman–Crippen MR) is 160 cm³/mol. The lowest BCUT2D eigenvalue weighted by Crippen LogP contribution is -2.59. The van der Waals surface area contributed by atoms with Gasteiger partial charge in [-0.3, -0.25) is 14.7 Å². The summed E-state index contributed by atoms with van der Waals surface area (Å²) in [5, 5.41) is 2.71. The van der Waals surface area contributed by atoms with Crippen LogP contribution in [-0.2, 0) is 27.3 Å². The monoisotopic (exact) mass is 579 g/mol. The fraction of sp³-hybridized carbons (Fsp3) is 0.562. The van der Waals surface area contributed by atoms with Crippen molar-refractivity contribution in [1.29, 1.82) is 0 Å². The molecule has 2 aliphatic rings. The van der Waals surface area contributed by atoms with Crippen molar-refractivity contribution in [3.63, 3.8) is 0 Å². The number of benzene rings is 1. The molecule has 2 atom stereocenters. The fourth-order valence-corrected chi connectivity index (χ4v) is 5.66. The number of hydrogen-bond donors (Lipinski definition) is 1. The Morgan fingerprint density at radius 1 is 1.10 bits per heavy atom. The molecule has 4 rings (SSSR count). The highest BCUT2D eigenvalue weighted by Crippen LogP contribution is 2.32. The molecular formula is C32H45N5O5. The van der Waals surface area contributed by atoms with Crippen molar-refractivity contribution in [2.75, 3.05) is 39.8 Å². The SMILES string of the molecule is CN(CC1CN(C(=O)CCCNC(=O)OC(C)(C)C)CCN1C(=O)OCc1ccccc1)C1CCCc2cccnc21. The molecule has 0 radical (unpaired) electrons. The average molecular weight is 580 g/mol. The van der Waals surface area contributed by atoms with Gasteiger partial charge < -0.3 is 24.6 Å². The second kappa shape index (κ2) is 14.5. The number of hydrogen-bond acceptors (Lipinski definition) is 7. The van der Waals surface area contributed by atoms with Crippen LogP contribution in [0.25, 0.3) is 0 Å². The molecule has 10 heteroatoms. The second-order valence-electron chi connectivity index (χ2n) is 12.2. The van der Waals surface area contributed by atoms with E-state index in [1.807, 2.05) is 68.3 Å². The van der Waals surface area contributed by atoms with Crippen LogP contribution in [0.15, 0.2) is 48.7 Å². The molecule has 1 aromatic carbocycles. The lowest BCUT2D eigenvalue weighted by molar-refractivity contribution is -0.134. The minimum atomic E-state index is -0.570. The maximum Gasteiger partial charge on any atom is 0.410 e. The third kappa shape index (κ3) is 8.92. The largest absolute Gasteiger partial charge is 0.445 e. The van der Waals surface area contributed by atoms with E-state index in [2.05, 4.69) is 23.3 Å². The Bertz CT molecular complexity index is 1200. The number of likely N-dealkylation sites (N-methyl/N-ethyl adjacent to an activating group) is 1. The molecule has 0 spiro atoms. The molecule has 1 N–H and O–H groups in total. The van der Waals surface area contributed by atoms with Crippen molar-refractivity contribution in [1.82, 2.24) is 25.0 Å². The van der Waals surface area contributed by atoms with Crippen molar-refractivity contribution < 1.29 is 23.9 Å². The molecule has 42 heavy (non-hydrogen) atoms. The molecule has 1 fully saturated rings. The van der Waals surface area contributed by atoms with E-state index < -0.39 is 11.7 Å². The molecule has 1 aromatic heterocycles. The van der Waals surface area contributed by atoms with Crippen LogP contribution in [-0.4, -0.2) is 89.2 Å². The highest BCUT2D eigenvalue weighted by atomic mass is 16.6. The summed E-state index contributed by atoms with van der Waals surface area (Å²) >= 11 is 0. The van der Waals surface area contributed by atoms with Gasteiger partial charge in [0.1, 0.15) is 12.2 Å². The Hall–Kier alpha value is -3.66. The van der Waals surface area contributed by atoms with Crippen molar-refractivity contribution in [3.05, 3.63) is 65.5 Å². The summed E-state index contributed by atoms with van der Waals surface area (Å²) < 4.78 is 11.0.